The Morgan fingerprint density at radius 2 is 2.18 bits per heavy atom. The summed E-state index contributed by atoms with van der Waals surface area (Å²) in [6.45, 7) is 5.62. The van der Waals surface area contributed by atoms with E-state index >= 15 is 0 Å². The van der Waals surface area contributed by atoms with Crippen LogP contribution in [0, 0.1) is 12.7 Å². The van der Waals surface area contributed by atoms with Crippen molar-refractivity contribution >= 4 is 15.9 Å². The van der Waals surface area contributed by atoms with E-state index in [0.717, 1.165) is 0 Å². The van der Waals surface area contributed by atoms with Crippen LogP contribution >= 0.6 is 15.9 Å². The van der Waals surface area contributed by atoms with Gasteiger partial charge in [0.2, 0.25) is 0 Å². The highest BCUT2D eigenvalue weighted by Gasteiger charge is 2.07. The summed E-state index contributed by atoms with van der Waals surface area (Å²) in [6.07, 6.45) is 0. The lowest BCUT2D eigenvalue weighted by atomic mass is 10.0. The fraction of sp³-hybridized carbons (Fsp3) is 0.222. The van der Waals surface area contributed by atoms with Crippen molar-refractivity contribution in [2.45, 2.75) is 12.8 Å². The molecular formula is C9H9BrF. The van der Waals surface area contributed by atoms with Gasteiger partial charge in [-0.05, 0) is 40.4 Å². The number of hydrogen-bond acceptors (Lipinski definition) is 0. The van der Waals surface area contributed by atoms with Crippen LogP contribution in [-0.4, -0.2) is 0 Å². The minimum atomic E-state index is -0.199. The highest BCUT2D eigenvalue weighted by Crippen LogP contribution is 2.23. The maximum Gasteiger partial charge on any atom is 0.140 e. The molecule has 0 aliphatic rings. The lowest BCUT2D eigenvalue weighted by Gasteiger charge is -2.06. The van der Waals surface area contributed by atoms with Crippen LogP contribution < -0.4 is 0 Å². The van der Waals surface area contributed by atoms with E-state index in [-0.39, 0.29) is 11.7 Å². The van der Waals surface area contributed by atoms with Gasteiger partial charge in [0.25, 0.3) is 0 Å². The van der Waals surface area contributed by atoms with Gasteiger partial charge in [-0.25, -0.2) is 4.39 Å². The Kier molecular flexibility index (Phi) is 2.66. The first kappa shape index (κ1) is 8.72. The molecule has 1 aromatic carbocycles. The van der Waals surface area contributed by atoms with Crippen LogP contribution in [0.3, 0.4) is 0 Å². The van der Waals surface area contributed by atoms with E-state index < -0.39 is 0 Å². The second-order valence-electron chi connectivity index (χ2n) is 2.54. The van der Waals surface area contributed by atoms with Crippen LogP contribution in [0.15, 0.2) is 22.7 Å². The zero-order valence-corrected chi connectivity index (χ0v) is 7.86. The average Bonchev–Trinajstić information content (AvgIpc) is 1.94. The summed E-state index contributed by atoms with van der Waals surface area (Å²) < 4.78 is 13.7. The molecule has 0 heterocycles. The number of hydrogen-bond donors (Lipinski definition) is 0. The number of halogens is 2. The molecule has 1 atom stereocenters. The molecular weight excluding hydrogens is 207 g/mol. The van der Waals surface area contributed by atoms with E-state index in [2.05, 4.69) is 22.9 Å². The van der Waals surface area contributed by atoms with Crippen LogP contribution in [0.2, 0.25) is 0 Å². The molecule has 1 unspecified atom stereocenters. The Labute approximate surface area is 74.6 Å². The molecule has 0 bridgehead atoms. The summed E-state index contributed by atoms with van der Waals surface area (Å²) in [7, 11) is 0. The summed E-state index contributed by atoms with van der Waals surface area (Å²) in [4.78, 5) is 0. The predicted molar refractivity (Wildman–Crippen MR) is 47.9 cm³/mol. The molecule has 2 heteroatoms. The molecule has 1 radical (unpaired) electrons. The van der Waals surface area contributed by atoms with E-state index in [4.69, 9.17) is 0 Å². The van der Waals surface area contributed by atoms with Crippen molar-refractivity contribution in [2.24, 2.45) is 0 Å². The summed E-state index contributed by atoms with van der Waals surface area (Å²) in [5.41, 5.74) is 0.652. The SMILES string of the molecule is [CH2]C(C)c1cccc(Br)c1F. The summed E-state index contributed by atoms with van der Waals surface area (Å²) >= 11 is 3.11. The molecule has 0 aliphatic heterocycles. The lowest BCUT2D eigenvalue weighted by Crippen LogP contribution is -1.92. The molecule has 0 fully saturated rings. The third-order valence-corrected chi connectivity index (χ3v) is 2.12. The Morgan fingerprint density at radius 1 is 1.55 bits per heavy atom. The van der Waals surface area contributed by atoms with Gasteiger partial charge in [0.1, 0.15) is 5.82 Å². The monoisotopic (exact) mass is 215 g/mol. The molecule has 11 heavy (non-hydrogen) atoms. The highest BCUT2D eigenvalue weighted by molar-refractivity contribution is 9.10. The molecule has 0 nitrogen and oxygen atoms in total. The van der Waals surface area contributed by atoms with Gasteiger partial charge in [-0.15, -0.1) is 0 Å². The molecule has 0 aliphatic carbocycles. The number of rotatable bonds is 1. The van der Waals surface area contributed by atoms with Gasteiger partial charge in [0.05, 0.1) is 4.47 Å². The Bertz CT molecular complexity index is 256. The average molecular weight is 216 g/mol. The normalized spacial score (nSPS) is 10.6. The van der Waals surface area contributed by atoms with Crippen molar-refractivity contribution in [3.05, 3.63) is 41.0 Å². The molecule has 0 saturated carbocycles. The maximum atomic E-state index is 13.2. The highest BCUT2D eigenvalue weighted by atomic mass is 79.9. The standard InChI is InChI=1S/C9H9BrF/c1-6(2)7-4-3-5-8(10)9(7)11/h3-6H,1H2,2H3. The van der Waals surface area contributed by atoms with E-state index in [1.54, 1.807) is 12.1 Å². The van der Waals surface area contributed by atoms with E-state index in [1.165, 1.54) is 0 Å². The van der Waals surface area contributed by atoms with Gasteiger partial charge in [0, 0.05) is 0 Å². The van der Waals surface area contributed by atoms with Gasteiger partial charge in [-0.2, -0.15) is 0 Å². The topological polar surface area (TPSA) is 0 Å². The second kappa shape index (κ2) is 3.35. The van der Waals surface area contributed by atoms with Gasteiger partial charge in [0.15, 0.2) is 0 Å². The maximum absolute atomic E-state index is 13.2. The molecule has 0 saturated heterocycles. The van der Waals surface area contributed by atoms with Gasteiger partial charge in [-0.3, -0.25) is 0 Å². The first-order valence-corrected chi connectivity index (χ1v) is 4.19. The molecule has 1 aromatic rings. The van der Waals surface area contributed by atoms with Crippen LogP contribution in [0.4, 0.5) is 4.39 Å². The smallest absolute Gasteiger partial charge is 0.140 e. The minimum absolute atomic E-state index is 0.00694. The van der Waals surface area contributed by atoms with Gasteiger partial charge >= 0.3 is 0 Å². The van der Waals surface area contributed by atoms with Crippen molar-refractivity contribution in [1.29, 1.82) is 0 Å². The zero-order chi connectivity index (χ0) is 8.43. The quantitative estimate of drug-likeness (QED) is 0.673. The largest absolute Gasteiger partial charge is 0.205 e. The van der Waals surface area contributed by atoms with E-state index in [0.29, 0.717) is 10.0 Å². The van der Waals surface area contributed by atoms with Crippen molar-refractivity contribution in [3.8, 4) is 0 Å². The first-order chi connectivity index (χ1) is 5.13. The lowest BCUT2D eigenvalue weighted by molar-refractivity contribution is 0.598. The first-order valence-electron chi connectivity index (χ1n) is 3.40. The fourth-order valence-electron chi connectivity index (χ4n) is 0.901. The Hall–Kier alpha value is -0.370. The van der Waals surface area contributed by atoms with Gasteiger partial charge < -0.3 is 0 Å². The third kappa shape index (κ3) is 1.80. The Morgan fingerprint density at radius 3 is 2.64 bits per heavy atom. The van der Waals surface area contributed by atoms with Crippen LogP contribution in [0.5, 0.6) is 0 Å². The Balaban J connectivity index is 3.17. The fourth-order valence-corrected chi connectivity index (χ4v) is 1.28. The van der Waals surface area contributed by atoms with Crippen molar-refractivity contribution in [1.82, 2.24) is 0 Å². The second-order valence-corrected chi connectivity index (χ2v) is 3.40. The molecule has 0 amide bonds. The van der Waals surface area contributed by atoms with Crippen LogP contribution in [0.25, 0.3) is 0 Å². The predicted octanol–water partition coefficient (Wildman–Crippen LogP) is 3.53. The molecule has 0 N–H and O–H groups in total. The summed E-state index contributed by atoms with van der Waals surface area (Å²) in [5.74, 6) is -0.206. The van der Waals surface area contributed by atoms with E-state index in [9.17, 15) is 4.39 Å². The van der Waals surface area contributed by atoms with Gasteiger partial charge in [-0.1, -0.05) is 19.1 Å². The molecule has 0 spiro atoms. The summed E-state index contributed by atoms with van der Waals surface area (Å²) in [6, 6.07) is 5.24. The van der Waals surface area contributed by atoms with Crippen LogP contribution in [0.1, 0.15) is 18.4 Å². The molecule has 0 aromatic heterocycles. The van der Waals surface area contributed by atoms with Crippen molar-refractivity contribution < 1.29 is 4.39 Å². The molecule has 59 valence electrons. The van der Waals surface area contributed by atoms with Crippen LogP contribution in [-0.2, 0) is 0 Å². The number of benzene rings is 1. The van der Waals surface area contributed by atoms with E-state index in [1.807, 2.05) is 13.0 Å². The van der Waals surface area contributed by atoms with Crippen molar-refractivity contribution in [3.63, 3.8) is 0 Å². The van der Waals surface area contributed by atoms with Crippen molar-refractivity contribution in [2.75, 3.05) is 0 Å². The summed E-state index contributed by atoms with van der Waals surface area (Å²) in [5, 5.41) is 0. The third-order valence-electron chi connectivity index (χ3n) is 1.51. The minimum Gasteiger partial charge on any atom is -0.205 e. The zero-order valence-electron chi connectivity index (χ0n) is 6.27. The molecule has 1 rings (SSSR count).